The molecule has 0 saturated heterocycles. The van der Waals surface area contributed by atoms with Gasteiger partial charge in [-0.25, -0.2) is 0 Å². The predicted molar refractivity (Wildman–Crippen MR) is 205 cm³/mol. The summed E-state index contributed by atoms with van der Waals surface area (Å²) in [6, 6.07) is 0. The van der Waals surface area contributed by atoms with Crippen LogP contribution >= 0.6 is 0 Å². The Bertz CT molecular complexity index is 743. The van der Waals surface area contributed by atoms with E-state index in [1.54, 1.807) is 6.08 Å². The first-order valence-electron chi connectivity index (χ1n) is 20.3. The van der Waals surface area contributed by atoms with Gasteiger partial charge in [-0.05, 0) is 25.3 Å². The van der Waals surface area contributed by atoms with Crippen LogP contribution < -0.4 is 0 Å². The maximum atomic E-state index is 12.4. The van der Waals surface area contributed by atoms with Crippen LogP contribution in [0.25, 0.3) is 0 Å². The fraction of sp³-hybridized carbons (Fsp3) is 0.773. The summed E-state index contributed by atoms with van der Waals surface area (Å²) in [6.07, 6.45) is 58.5. The smallest absolute Gasteiger partial charge is 0.209 e. The van der Waals surface area contributed by atoms with Crippen LogP contribution in [0.2, 0.25) is 0 Å². The van der Waals surface area contributed by atoms with Crippen LogP contribution in [0.5, 0.6) is 0 Å². The molecule has 0 aliphatic carbocycles. The first kappa shape index (κ1) is 44.3. The van der Waals surface area contributed by atoms with Crippen LogP contribution in [0.15, 0.2) is 48.6 Å². The molecule has 0 saturated carbocycles. The van der Waals surface area contributed by atoms with E-state index in [-0.39, 0.29) is 5.78 Å². The van der Waals surface area contributed by atoms with Crippen molar-refractivity contribution >= 4 is 12.1 Å². The first-order chi connectivity index (χ1) is 22.8. The molecule has 0 bridgehead atoms. The van der Waals surface area contributed by atoms with E-state index >= 15 is 0 Å². The highest BCUT2D eigenvalue weighted by Crippen LogP contribution is 2.16. The Morgan fingerprint density at radius 1 is 0.435 bits per heavy atom. The standard InChI is InChI=1S/C44H77O2/c1-3-5-7-9-11-13-15-17-19-21-23-25-27-29-31-33-35-37-39-41-44(46)43(42-45)40-38-36-34-32-30-28-26-24-22-20-18-16-14-12-10-8-6-4-2/h27,29,31,33,35,37,39,41,43H,3-26,28,30,32,34,36,38,40H2,1-2H3/b29-27+,33-31+,37-35+,41-39+. The van der Waals surface area contributed by atoms with Gasteiger partial charge in [0.2, 0.25) is 6.29 Å². The van der Waals surface area contributed by atoms with Crippen LogP contribution in [0, 0.1) is 5.92 Å². The third-order valence-electron chi connectivity index (χ3n) is 9.26. The maximum Gasteiger partial charge on any atom is 0.209 e. The maximum absolute atomic E-state index is 12.4. The molecule has 0 aliphatic heterocycles. The SMILES string of the molecule is CCCCCCCCCCCCC/C=C/C=C/C=C/C=C/C(=O)C([C]=O)CCCCCCCCCCCCCCCCCCCC. The minimum Gasteiger partial charge on any atom is -0.294 e. The lowest BCUT2D eigenvalue weighted by atomic mass is 9.97. The van der Waals surface area contributed by atoms with E-state index in [0.29, 0.717) is 6.42 Å². The summed E-state index contributed by atoms with van der Waals surface area (Å²) < 4.78 is 0. The molecule has 1 unspecified atom stereocenters. The molecular weight excluding hydrogens is 560 g/mol. The highest BCUT2D eigenvalue weighted by Gasteiger charge is 2.15. The van der Waals surface area contributed by atoms with Gasteiger partial charge in [0.25, 0.3) is 0 Å². The van der Waals surface area contributed by atoms with Gasteiger partial charge in [-0.15, -0.1) is 0 Å². The monoisotopic (exact) mass is 638 g/mol. The van der Waals surface area contributed by atoms with Crippen LogP contribution in [-0.2, 0) is 9.59 Å². The van der Waals surface area contributed by atoms with Gasteiger partial charge in [-0.1, -0.05) is 236 Å². The second kappa shape index (κ2) is 39.5. The first-order valence-corrected chi connectivity index (χ1v) is 20.3. The number of hydrogen-bond donors (Lipinski definition) is 0. The zero-order chi connectivity index (χ0) is 33.4. The van der Waals surface area contributed by atoms with E-state index in [9.17, 15) is 9.59 Å². The lowest BCUT2D eigenvalue weighted by molar-refractivity contribution is -0.116. The zero-order valence-electron chi connectivity index (χ0n) is 30.9. The van der Waals surface area contributed by atoms with Gasteiger partial charge in [0, 0.05) is 0 Å². The van der Waals surface area contributed by atoms with Crippen molar-refractivity contribution in [3.63, 3.8) is 0 Å². The predicted octanol–water partition coefficient (Wildman–Crippen LogP) is 14.6. The molecule has 265 valence electrons. The molecular formula is C44H77O2. The third-order valence-corrected chi connectivity index (χ3v) is 9.26. The van der Waals surface area contributed by atoms with Crippen LogP contribution in [0.3, 0.4) is 0 Å². The molecule has 46 heavy (non-hydrogen) atoms. The van der Waals surface area contributed by atoms with Crippen LogP contribution in [-0.4, -0.2) is 12.1 Å². The number of unbranched alkanes of at least 4 members (excludes halogenated alkanes) is 28. The summed E-state index contributed by atoms with van der Waals surface area (Å²) >= 11 is 0. The summed E-state index contributed by atoms with van der Waals surface area (Å²) in [5.41, 5.74) is 0. The molecule has 0 aromatic carbocycles. The molecule has 2 heteroatoms. The van der Waals surface area contributed by atoms with Gasteiger partial charge in [0.05, 0.1) is 5.92 Å². The fourth-order valence-corrected chi connectivity index (χ4v) is 6.13. The third kappa shape index (κ3) is 35.2. The summed E-state index contributed by atoms with van der Waals surface area (Å²) in [4.78, 5) is 23.7. The molecule has 0 fully saturated rings. The molecule has 1 atom stereocenters. The summed E-state index contributed by atoms with van der Waals surface area (Å²) in [6.45, 7) is 4.56. The van der Waals surface area contributed by atoms with Crippen molar-refractivity contribution in [2.75, 3.05) is 0 Å². The van der Waals surface area contributed by atoms with Crippen LogP contribution in [0.1, 0.15) is 213 Å². The average molecular weight is 638 g/mol. The van der Waals surface area contributed by atoms with E-state index in [0.717, 1.165) is 19.3 Å². The van der Waals surface area contributed by atoms with Crippen molar-refractivity contribution in [2.24, 2.45) is 5.92 Å². The number of carbonyl (C=O) groups excluding carboxylic acids is 2. The van der Waals surface area contributed by atoms with Crippen molar-refractivity contribution in [2.45, 2.75) is 213 Å². The van der Waals surface area contributed by atoms with Crippen molar-refractivity contribution in [1.29, 1.82) is 0 Å². The minimum atomic E-state index is -0.611. The van der Waals surface area contributed by atoms with Crippen LogP contribution in [0.4, 0.5) is 0 Å². The molecule has 0 aliphatic rings. The molecule has 0 spiro atoms. The lowest BCUT2D eigenvalue weighted by Gasteiger charge is -2.06. The Kier molecular flexibility index (Phi) is 38.0. The molecule has 0 N–H and O–H groups in total. The number of carbonyl (C=O) groups is 1. The Labute approximate surface area is 288 Å². The highest BCUT2D eigenvalue weighted by molar-refractivity contribution is 6.00. The second-order valence-corrected chi connectivity index (χ2v) is 13.8. The Balaban J connectivity index is 3.62. The quantitative estimate of drug-likeness (QED) is 0.0294. The van der Waals surface area contributed by atoms with Crippen molar-refractivity contribution < 1.29 is 9.59 Å². The lowest BCUT2D eigenvalue weighted by Crippen LogP contribution is -2.13. The summed E-state index contributed by atoms with van der Waals surface area (Å²) in [5, 5.41) is 0. The fourth-order valence-electron chi connectivity index (χ4n) is 6.13. The second-order valence-electron chi connectivity index (χ2n) is 13.8. The van der Waals surface area contributed by atoms with Gasteiger partial charge in [0.1, 0.15) is 0 Å². The van der Waals surface area contributed by atoms with Gasteiger partial charge in [-0.3, -0.25) is 9.59 Å². The molecule has 0 aromatic rings. The number of hydrogen-bond acceptors (Lipinski definition) is 2. The Hall–Kier alpha value is -1.70. The van der Waals surface area contributed by atoms with Crippen molar-refractivity contribution in [3.8, 4) is 0 Å². The number of allylic oxidation sites excluding steroid dienone is 8. The molecule has 1 radical (unpaired) electrons. The van der Waals surface area contributed by atoms with E-state index in [2.05, 4.69) is 26.0 Å². The highest BCUT2D eigenvalue weighted by atomic mass is 16.1. The molecule has 0 rings (SSSR count). The minimum absolute atomic E-state index is 0.123. The molecule has 0 aromatic heterocycles. The summed E-state index contributed by atoms with van der Waals surface area (Å²) in [7, 11) is 0. The average Bonchev–Trinajstić information content (AvgIpc) is 3.06. The normalized spacial score (nSPS) is 12.8. The molecule has 0 heterocycles. The van der Waals surface area contributed by atoms with Crippen molar-refractivity contribution in [1.82, 2.24) is 0 Å². The number of ketones is 1. The molecule has 0 amide bonds. The molecule has 2 nitrogen and oxygen atoms in total. The Morgan fingerprint density at radius 2 is 0.761 bits per heavy atom. The van der Waals surface area contributed by atoms with Gasteiger partial charge in [0.15, 0.2) is 5.78 Å². The topological polar surface area (TPSA) is 34.1 Å². The van der Waals surface area contributed by atoms with E-state index in [1.165, 1.54) is 179 Å². The zero-order valence-corrected chi connectivity index (χ0v) is 30.9. The number of rotatable bonds is 37. The van der Waals surface area contributed by atoms with Crippen molar-refractivity contribution in [3.05, 3.63) is 48.6 Å². The summed E-state index contributed by atoms with van der Waals surface area (Å²) in [5.74, 6) is -0.734. The van der Waals surface area contributed by atoms with E-state index in [4.69, 9.17) is 0 Å². The van der Waals surface area contributed by atoms with E-state index < -0.39 is 5.92 Å². The van der Waals surface area contributed by atoms with Gasteiger partial charge in [-0.2, -0.15) is 0 Å². The Morgan fingerprint density at radius 3 is 1.15 bits per heavy atom. The largest absolute Gasteiger partial charge is 0.294 e. The van der Waals surface area contributed by atoms with Gasteiger partial charge < -0.3 is 0 Å². The van der Waals surface area contributed by atoms with Gasteiger partial charge >= 0.3 is 0 Å². The van der Waals surface area contributed by atoms with E-state index in [1.807, 2.05) is 30.6 Å².